The average molecular weight is 458 g/mol. The van der Waals surface area contributed by atoms with Crippen LogP contribution in [0.25, 0.3) is 0 Å². The molecule has 24 heavy (non-hydrogen) atoms. The molecule has 2 aromatic rings. The van der Waals surface area contributed by atoms with Gasteiger partial charge in [-0.1, -0.05) is 12.1 Å². The van der Waals surface area contributed by atoms with Gasteiger partial charge >= 0.3 is 11.9 Å². The monoisotopic (exact) mass is 456 g/mol. The summed E-state index contributed by atoms with van der Waals surface area (Å²) in [5.41, 5.74) is 0.533. The molecule has 126 valence electrons. The van der Waals surface area contributed by atoms with Crippen molar-refractivity contribution in [2.45, 2.75) is 24.7 Å². The van der Waals surface area contributed by atoms with Gasteiger partial charge in [-0.25, -0.2) is 9.97 Å². The van der Waals surface area contributed by atoms with Gasteiger partial charge in [0.2, 0.25) is 0 Å². The van der Waals surface area contributed by atoms with Crippen LogP contribution in [0, 0.1) is 0 Å². The molecule has 0 saturated heterocycles. The van der Waals surface area contributed by atoms with Crippen molar-refractivity contribution in [3.63, 3.8) is 0 Å². The van der Waals surface area contributed by atoms with Gasteiger partial charge in [0.25, 0.3) is 0 Å². The van der Waals surface area contributed by atoms with Crippen LogP contribution in [0.1, 0.15) is 24.2 Å². The molecule has 8 heteroatoms. The minimum atomic E-state index is -0.865. The zero-order valence-corrected chi connectivity index (χ0v) is 15.6. The Morgan fingerprint density at radius 1 is 1.00 bits per heavy atom. The summed E-state index contributed by atoms with van der Waals surface area (Å²) < 4.78 is 1.36. The average Bonchev–Trinajstić information content (AvgIpc) is 3.29. The molecular formula is C16H14Br2N2O4. The molecule has 0 radical (unpaired) electrons. The number of carboxylic acid groups (broad SMARTS) is 2. The molecule has 2 N–H and O–H groups in total. The fraction of sp³-hybridized carbons (Fsp3) is 0.250. The van der Waals surface area contributed by atoms with Gasteiger partial charge in [-0.15, -0.1) is 0 Å². The van der Waals surface area contributed by atoms with Crippen LogP contribution in [0.5, 0.6) is 0 Å². The number of nitrogens with zero attached hydrogens (tertiary/aromatic N) is 2. The lowest BCUT2D eigenvalue weighted by atomic mass is 10.0. The van der Waals surface area contributed by atoms with Crippen molar-refractivity contribution in [3.05, 3.63) is 57.0 Å². The van der Waals surface area contributed by atoms with Gasteiger partial charge in [-0.2, -0.15) is 0 Å². The van der Waals surface area contributed by atoms with Crippen LogP contribution < -0.4 is 0 Å². The quantitative estimate of drug-likeness (QED) is 0.682. The summed E-state index contributed by atoms with van der Waals surface area (Å²) in [4.78, 5) is 29.3. The molecule has 0 aromatic carbocycles. The Morgan fingerprint density at radius 2 is 1.58 bits per heavy atom. The Hall–Kier alpha value is -1.80. The summed E-state index contributed by atoms with van der Waals surface area (Å²) in [5.74, 6) is -1.63. The van der Waals surface area contributed by atoms with E-state index in [4.69, 9.17) is 10.2 Å². The lowest BCUT2D eigenvalue weighted by Gasteiger charge is -2.08. The fourth-order valence-electron chi connectivity index (χ4n) is 2.08. The number of hydrogen-bond donors (Lipinski definition) is 2. The van der Waals surface area contributed by atoms with Crippen molar-refractivity contribution in [1.82, 2.24) is 9.97 Å². The van der Waals surface area contributed by atoms with Gasteiger partial charge in [0.1, 0.15) is 14.6 Å². The van der Waals surface area contributed by atoms with E-state index in [0.29, 0.717) is 33.4 Å². The van der Waals surface area contributed by atoms with E-state index in [1.54, 1.807) is 30.3 Å². The number of carboxylic acids is 2. The number of carbonyl (C=O) groups is 2. The lowest BCUT2D eigenvalue weighted by molar-refractivity contribution is -0.140. The number of rotatable bonds is 4. The summed E-state index contributed by atoms with van der Waals surface area (Å²) in [7, 11) is 0. The van der Waals surface area contributed by atoms with E-state index >= 15 is 0 Å². The van der Waals surface area contributed by atoms with Crippen molar-refractivity contribution in [1.29, 1.82) is 0 Å². The fourth-order valence-corrected chi connectivity index (χ4v) is 2.81. The highest BCUT2D eigenvalue weighted by Gasteiger charge is 2.53. The topological polar surface area (TPSA) is 100 Å². The first-order valence-electron chi connectivity index (χ1n) is 7.03. The third-order valence-corrected chi connectivity index (χ3v) is 4.35. The van der Waals surface area contributed by atoms with Gasteiger partial charge < -0.3 is 10.2 Å². The Labute approximate surface area is 155 Å². The third kappa shape index (κ3) is 4.85. The normalized spacial score (nSPS) is 14.2. The maximum absolute atomic E-state index is 10.9. The highest BCUT2D eigenvalue weighted by molar-refractivity contribution is 9.10. The van der Waals surface area contributed by atoms with Crippen LogP contribution in [0.3, 0.4) is 0 Å². The highest BCUT2D eigenvalue weighted by atomic mass is 79.9. The summed E-state index contributed by atoms with van der Waals surface area (Å²) in [6.45, 7) is 0. The van der Waals surface area contributed by atoms with Crippen LogP contribution in [-0.4, -0.2) is 32.1 Å². The summed E-state index contributed by atoms with van der Waals surface area (Å²) in [6.07, 6.45) is 1.37. The largest absolute Gasteiger partial charge is 0.481 e. The van der Waals surface area contributed by atoms with Gasteiger partial charge in [0, 0.05) is 0 Å². The molecule has 0 amide bonds. The Balaban J connectivity index is 0.000000177. The highest BCUT2D eigenvalue weighted by Crippen LogP contribution is 2.47. The van der Waals surface area contributed by atoms with Crippen molar-refractivity contribution in [2.24, 2.45) is 0 Å². The standard InChI is InChI=1S/C9H8BrNO2.C7H6BrNO2/c10-7-3-1-2-6(11-7)9(4-5-9)8(12)13;8-6-3-1-2-5(9-6)4-7(10)11/h1-3H,4-5H2,(H,12,13);1-3H,4H2,(H,10,11). The van der Waals surface area contributed by atoms with E-state index in [-0.39, 0.29) is 6.42 Å². The predicted molar refractivity (Wildman–Crippen MR) is 93.8 cm³/mol. The van der Waals surface area contributed by atoms with Crippen molar-refractivity contribution >= 4 is 43.8 Å². The van der Waals surface area contributed by atoms with Gasteiger partial charge in [0.15, 0.2) is 0 Å². The van der Waals surface area contributed by atoms with Crippen LogP contribution in [-0.2, 0) is 21.4 Å². The molecule has 0 atom stereocenters. The van der Waals surface area contributed by atoms with Gasteiger partial charge in [-0.3, -0.25) is 9.59 Å². The predicted octanol–water partition coefficient (Wildman–Crippen LogP) is 3.43. The Morgan fingerprint density at radius 3 is 2.04 bits per heavy atom. The second-order valence-electron chi connectivity index (χ2n) is 5.25. The van der Waals surface area contributed by atoms with Gasteiger partial charge in [0.05, 0.1) is 17.8 Å². The third-order valence-electron chi connectivity index (χ3n) is 3.47. The second-order valence-corrected chi connectivity index (χ2v) is 6.88. The van der Waals surface area contributed by atoms with E-state index in [9.17, 15) is 9.59 Å². The zero-order valence-electron chi connectivity index (χ0n) is 12.4. The number of halogens is 2. The smallest absolute Gasteiger partial charge is 0.315 e. The zero-order chi connectivity index (χ0) is 17.7. The molecule has 2 aromatic heterocycles. The van der Waals surface area contributed by atoms with Gasteiger partial charge in [-0.05, 0) is 69.0 Å². The molecule has 1 aliphatic carbocycles. The Bertz CT molecular complexity index is 763. The first kappa shape index (κ1) is 18.5. The maximum atomic E-state index is 10.9. The molecule has 0 unspecified atom stereocenters. The van der Waals surface area contributed by atoms with E-state index < -0.39 is 17.4 Å². The number of pyridine rings is 2. The molecule has 2 heterocycles. The van der Waals surface area contributed by atoms with E-state index in [1.165, 1.54) is 0 Å². The first-order valence-corrected chi connectivity index (χ1v) is 8.62. The first-order chi connectivity index (χ1) is 11.3. The summed E-state index contributed by atoms with van der Waals surface area (Å²) >= 11 is 6.38. The van der Waals surface area contributed by atoms with E-state index in [2.05, 4.69) is 41.8 Å². The lowest BCUT2D eigenvalue weighted by Crippen LogP contribution is -2.20. The van der Waals surface area contributed by atoms with Crippen molar-refractivity contribution < 1.29 is 19.8 Å². The minimum Gasteiger partial charge on any atom is -0.481 e. The molecule has 3 rings (SSSR count). The van der Waals surface area contributed by atoms with Crippen LogP contribution in [0.15, 0.2) is 45.6 Å². The maximum Gasteiger partial charge on any atom is 0.315 e. The van der Waals surface area contributed by atoms with Crippen LogP contribution in [0.4, 0.5) is 0 Å². The Kier molecular flexibility index (Phi) is 6.06. The minimum absolute atomic E-state index is 0.0283. The molecule has 1 aliphatic rings. The molecule has 1 saturated carbocycles. The second kappa shape index (κ2) is 7.85. The van der Waals surface area contributed by atoms with Crippen molar-refractivity contribution in [3.8, 4) is 0 Å². The molecule has 6 nitrogen and oxygen atoms in total. The van der Waals surface area contributed by atoms with Crippen LogP contribution in [0.2, 0.25) is 0 Å². The molecule has 1 fully saturated rings. The summed E-state index contributed by atoms with van der Waals surface area (Å²) in [5, 5.41) is 17.4. The molecule has 0 aliphatic heterocycles. The number of aliphatic carboxylic acids is 2. The van der Waals surface area contributed by atoms with Crippen molar-refractivity contribution in [2.75, 3.05) is 0 Å². The van der Waals surface area contributed by atoms with Crippen LogP contribution >= 0.6 is 31.9 Å². The number of aromatic nitrogens is 2. The molecular weight excluding hydrogens is 444 g/mol. The SMILES string of the molecule is O=C(O)C1(c2cccc(Br)n2)CC1.O=C(O)Cc1cccc(Br)n1. The molecule has 0 spiro atoms. The summed E-state index contributed by atoms with van der Waals surface area (Å²) in [6, 6.07) is 10.6. The van der Waals surface area contributed by atoms with E-state index in [0.717, 1.165) is 0 Å². The molecule has 0 bridgehead atoms. The van der Waals surface area contributed by atoms with E-state index in [1.807, 2.05) is 6.07 Å². The number of hydrogen-bond acceptors (Lipinski definition) is 4.